The number of hydrogen-bond donors (Lipinski definition) is 3. The van der Waals surface area contributed by atoms with Crippen molar-refractivity contribution in [2.45, 2.75) is 39.2 Å². The third-order valence-electron chi connectivity index (χ3n) is 8.50. The number of nitrogens with one attached hydrogen (secondary N) is 3. The molecule has 2 amide bonds. The molecule has 2 aromatic heterocycles. The number of benzene rings is 2. The highest BCUT2D eigenvalue weighted by Crippen LogP contribution is 2.29. The molecule has 10 heteroatoms. The molecule has 2 aliphatic rings. The topological polar surface area (TPSA) is 107 Å². The molecule has 10 nitrogen and oxygen atoms in total. The fourth-order valence-corrected chi connectivity index (χ4v) is 5.52. The van der Waals surface area contributed by atoms with Crippen LogP contribution in [0, 0.1) is 5.92 Å². The van der Waals surface area contributed by atoms with Crippen LogP contribution >= 0.6 is 0 Å². The van der Waals surface area contributed by atoms with Crippen LogP contribution in [0.3, 0.4) is 0 Å². The maximum absolute atomic E-state index is 12.9. The lowest BCUT2D eigenvalue weighted by Gasteiger charge is -2.32. The van der Waals surface area contributed by atoms with Crippen LogP contribution in [-0.4, -0.2) is 94.9 Å². The van der Waals surface area contributed by atoms with E-state index in [0.717, 1.165) is 86.7 Å². The Morgan fingerprint density at radius 2 is 1.58 bits per heavy atom. The molecule has 1 saturated carbocycles. The van der Waals surface area contributed by atoms with Crippen LogP contribution in [0.5, 0.6) is 0 Å². The SMILES string of the molecule is CC(C)CNc1nc(-c2ccc(C(=O)NCCCN3CCN(C)CC3)cc2)cn2c(-c3ccc(C(=O)NC4CC4)cc3)cnc12. The molecule has 1 aliphatic carbocycles. The quantitative estimate of drug-likeness (QED) is 0.205. The number of carbonyl (C=O) groups is 2. The predicted molar refractivity (Wildman–Crippen MR) is 179 cm³/mol. The fourth-order valence-electron chi connectivity index (χ4n) is 5.52. The summed E-state index contributed by atoms with van der Waals surface area (Å²) in [4.78, 5) is 39.8. The van der Waals surface area contributed by atoms with E-state index in [-0.39, 0.29) is 11.8 Å². The molecule has 0 unspecified atom stereocenters. The first-order chi connectivity index (χ1) is 21.8. The van der Waals surface area contributed by atoms with Gasteiger partial charge in [0.1, 0.15) is 0 Å². The average molecular weight is 609 g/mol. The minimum atomic E-state index is -0.0613. The molecule has 0 bridgehead atoms. The lowest BCUT2D eigenvalue weighted by Crippen LogP contribution is -2.45. The molecule has 2 fully saturated rings. The number of likely N-dealkylation sites (N-methyl/N-ethyl adjacent to an activating group) is 1. The highest BCUT2D eigenvalue weighted by molar-refractivity contribution is 5.95. The average Bonchev–Trinajstić information content (AvgIpc) is 3.77. The van der Waals surface area contributed by atoms with Gasteiger partial charge in [0, 0.05) is 73.8 Å². The summed E-state index contributed by atoms with van der Waals surface area (Å²) in [6.45, 7) is 11.1. The zero-order valence-corrected chi connectivity index (χ0v) is 26.6. The van der Waals surface area contributed by atoms with Gasteiger partial charge in [-0.05, 0) is 63.0 Å². The van der Waals surface area contributed by atoms with Crippen molar-refractivity contribution in [2.75, 3.05) is 58.2 Å². The van der Waals surface area contributed by atoms with Gasteiger partial charge < -0.3 is 25.8 Å². The zero-order valence-electron chi connectivity index (χ0n) is 26.6. The third kappa shape index (κ3) is 7.69. The van der Waals surface area contributed by atoms with Crippen molar-refractivity contribution >= 4 is 23.3 Å². The maximum atomic E-state index is 12.9. The number of anilines is 1. The van der Waals surface area contributed by atoms with Crippen molar-refractivity contribution in [1.29, 1.82) is 0 Å². The Kier molecular flexibility index (Phi) is 9.42. The van der Waals surface area contributed by atoms with Gasteiger partial charge >= 0.3 is 0 Å². The van der Waals surface area contributed by atoms with Crippen molar-refractivity contribution < 1.29 is 9.59 Å². The van der Waals surface area contributed by atoms with Crippen LogP contribution in [0.2, 0.25) is 0 Å². The molecular weight excluding hydrogens is 564 g/mol. The number of piperazine rings is 1. The van der Waals surface area contributed by atoms with Gasteiger partial charge in [0.15, 0.2) is 11.5 Å². The normalized spacial score (nSPS) is 15.8. The van der Waals surface area contributed by atoms with Gasteiger partial charge in [-0.3, -0.25) is 14.0 Å². The Morgan fingerprint density at radius 3 is 2.24 bits per heavy atom. The van der Waals surface area contributed by atoms with Crippen molar-refractivity contribution in [2.24, 2.45) is 5.92 Å². The van der Waals surface area contributed by atoms with Crippen molar-refractivity contribution in [1.82, 2.24) is 34.8 Å². The number of rotatable bonds is 12. The molecule has 2 aromatic carbocycles. The van der Waals surface area contributed by atoms with Gasteiger partial charge in [-0.2, -0.15) is 0 Å². The lowest BCUT2D eigenvalue weighted by atomic mass is 10.1. The molecule has 0 radical (unpaired) electrons. The monoisotopic (exact) mass is 608 g/mol. The van der Waals surface area contributed by atoms with E-state index in [0.29, 0.717) is 35.4 Å². The minimum Gasteiger partial charge on any atom is -0.367 e. The molecule has 6 rings (SSSR count). The van der Waals surface area contributed by atoms with Crippen molar-refractivity contribution in [3.05, 3.63) is 72.1 Å². The Balaban J connectivity index is 1.17. The molecule has 0 spiro atoms. The Bertz CT molecular complexity index is 1620. The van der Waals surface area contributed by atoms with Crippen LogP contribution in [0.25, 0.3) is 28.2 Å². The van der Waals surface area contributed by atoms with E-state index in [2.05, 4.69) is 46.6 Å². The standard InChI is InChI=1S/C35H44N8O2/c1-24(2)21-37-32-33-38-22-31(26-7-11-28(12-8-26)35(45)39-29-13-14-29)43(33)23-30(40-32)25-5-9-27(10-6-25)34(44)36-15-4-16-42-19-17-41(3)18-20-42/h5-12,22-24,29H,4,13-21H2,1-3H3,(H,36,44)(H,37,40)(H,39,45). The lowest BCUT2D eigenvalue weighted by molar-refractivity contribution is 0.0942. The van der Waals surface area contributed by atoms with E-state index < -0.39 is 0 Å². The molecule has 3 N–H and O–H groups in total. The van der Waals surface area contributed by atoms with E-state index in [1.165, 1.54) is 0 Å². The van der Waals surface area contributed by atoms with Gasteiger partial charge in [-0.1, -0.05) is 38.1 Å². The molecule has 1 aliphatic heterocycles. The fraction of sp³-hybridized carbons (Fsp3) is 0.429. The minimum absolute atomic E-state index is 0.0309. The maximum Gasteiger partial charge on any atom is 0.251 e. The molecular formula is C35H44N8O2. The molecule has 1 saturated heterocycles. The van der Waals surface area contributed by atoms with Crippen LogP contribution in [0.1, 0.15) is 53.8 Å². The van der Waals surface area contributed by atoms with Crippen LogP contribution in [-0.2, 0) is 0 Å². The summed E-state index contributed by atoms with van der Waals surface area (Å²) in [6.07, 6.45) is 6.88. The Hall–Kier alpha value is -4.28. The largest absolute Gasteiger partial charge is 0.367 e. The van der Waals surface area contributed by atoms with Gasteiger partial charge in [-0.15, -0.1) is 0 Å². The van der Waals surface area contributed by atoms with Crippen LogP contribution in [0.4, 0.5) is 5.82 Å². The second-order valence-corrected chi connectivity index (χ2v) is 12.7. The first-order valence-electron chi connectivity index (χ1n) is 16.2. The third-order valence-corrected chi connectivity index (χ3v) is 8.50. The van der Waals surface area contributed by atoms with Gasteiger partial charge in [0.05, 0.1) is 17.6 Å². The van der Waals surface area contributed by atoms with Gasteiger partial charge in [0.25, 0.3) is 11.8 Å². The highest BCUT2D eigenvalue weighted by Gasteiger charge is 2.24. The summed E-state index contributed by atoms with van der Waals surface area (Å²) in [5.41, 5.74) is 5.56. The van der Waals surface area contributed by atoms with Crippen LogP contribution < -0.4 is 16.0 Å². The van der Waals surface area contributed by atoms with Crippen molar-refractivity contribution in [3.63, 3.8) is 0 Å². The molecule has 236 valence electrons. The number of carbonyl (C=O) groups excluding carboxylic acids is 2. The van der Waals surface area contributed by atoms with Crippen molar-refractivity contribution in [3.8, 4) is 22.5 Å². The number of aromatic nitrogens is 3. The van der Waals surface area contributed by atoms with E-state index in [9.17, 15) is 9.59 Å². The second kappa shape index (κ2) is 13.8. The summed E-state index contributed by atoms with van der Waals surface area (Å²) in [6, 6.07) is 15.6. The first kappa shape index (κ1) is 30.7. The smallest absolute Gasteiger partial charge is 0.251 e. The summed E-state index contributed by atoms with van der Waals surface area (Å²) in [7, 11) is 2.16. The summed E-state index contributed by atoms with van der Waals surface area (Å²) >= 11 is 0. The zero-order chi connectivity index (χ0) is 31.3. The summed E-state index contributed by atoms with van der Waals surface area (Å²) in [5, 5.41) is 9.60. The molecule has 0 atom stereocenters. The number of nitrogens with zero attached hydrogens (tertiary/aromatic N) is 5. The van der Waals surface area contributed by atoms with Crippen LogP contribution in [0.15, 0.2) is 60.9 Å². The number of amides is 2. The molecule has 3 heterocycles. The first-order valence-corrected chi connectivity index (χ1v) is 16.2. The number of hydrogen-bond acceptors (Lipinski definition) is 7. The predicted octanol–water partition coefficient (Wildman–Crippen LogP) is 4.39. The highest BCUT2D eigenvalue weighted by atomic mass is 16.2. The van der Waals surface area contributed by atoms with Gasteiger partial charge in [-0.25, -0.2) is 9.97 Å². The molecule has 45 heavy (non-hydrogen) atoms. The van der Waals surface area contributed by atoms with E-state index in [1.54, 1.807) is 0 Å². The summed E-state index contributed by atoms with van der Waals surface area (Å²) in [5.74, 6) is 1.04. The Morgan fingerprint density at radius 1 is 0.911 bits per heavy atom. The molecule has 4 aromatic rings. The van der Waals surface area contributed by atoms with Gasteiger partial charge in [0.2, 0.25) is 0 Å². The number of imidazole rings is 1. The number of fused-ring (bicyclic) bond motifs is 1. The van der Waals surface area contributed by atoms with E-state index in [1.807, 2.05) is 65.3 Å². The second-order valence-electron chi connectivity index (χ2n) is 12.7. The summed E-state index contributed by atoms with van der Waals surface area (Å²) < 4.78 is 2.05. The van der Waals surface area contributed by atoms with E-state index >= 15 is 0 Å². The van der Waals surface area contributed by atoms with E-state index in [4.69, 9.17) is 9.97 Å². The Labute approximate surface area is 265 Å².